The van der Waals surface area contributed by atoms with E-state index in [1.807, 2.05) is 25.1 Å². The molecular weight excluding hydrogens is 204 g/mol. The Morgan fingerprint density at radius 3 is 3.00 bits per heavy atom. The number of ether oxygens (including phenoxy) is 1. The van der Waals surface area contributed by atoms with Crippen LogP contribution >= 0.6 is 0 Å². The van der Waals surface area contributed by atoms with Gasteiger partial charge in [0.2, 0.25) is 5.88 Å². The minimum Gasteiger partial charge on any atom is -0.478 e. The van der Waals surface area contributed by atoms with E-state index in [0.717, 1.165) is 25.2 Å². The highest BCUT2D eigenvalue weighted by atomic mass is 16.5. The van der Waals surface area contributed by atoms with Crippen LogP contribution < -0.4 is 10.1 Å². The number of aromatic nitrogens is 1. The van der Waals surface area contributed by atoms with Gasteiger partial charge in [-0.3, -0.25) is 0 Å². The quantitative estimate of drug-likeness (QED) is 0.795. The fraction of sp³-hybridized carbons (Fsp3) is 0.583. The first kappa shape index (κ1) is 11.2. The van der Waals surface area contributed by atoms with Crippen LogP contribution in [0.5, 0.6) is 5.88 Å². The van der Waals surface area contributed by atoms with Crippen LogP contribution in [0.1, 0.15) is 19.8 Å². The minimum absolute atomic E-state index is 0.0884. The maximum Gasteiger partial charge on any atom is 0.215 e. The monoisotopic (exact) mass is 222 g/mol. The average Bonchev–Trinajstić information content (AvgIpc) is 2.24. The lowest BCUT2D eigenvalue weighted by atomic mass is 9.82. The summed E-state index contributed by atoms with van der Waals surface area (Å²) in [5.41, 5.74) is 0. The molecular formula is C12H18N2O2. The molecule has 0 spiro atoms. The number of anilines is 1. The summed E-state index contributed by atoms with van der Waals surface area (Å²) in [6, 6.07) is 5.70. The molecule has 4 heteroatoms. The van der Waals surface area contributed by atoms with Crippen LogP contribution in [0.25, 0.3) is 0 Å². The molecule has 0 aliphatic heterocycles. The number of pyridine rings is 1. The van der Waals surface area contributed by atoms with Crippen molar-refractivity contribution >= 4 is 5.82 Å². The highest BCUT2D eigenvalue weighted by Crippen LogP contribution is 2.27. The molecule has 0 amide bonds. The van der Waals surface area contributed by atoms with E-state index in [1.165, 1.54) is 0 Å². The summed E-state index contributed by atoms with van der Waals surface area (Å²) in [6.45, 7) is 3.45. The number of hydrogen-bond acceptors (Lipinski definition) is 4. The minimum atomic E-state index is -0.0884. The molecule has 88 valence electrons. The zero-order valence-corrected chi connectivity index (χ0v) is 9.52. The molecule has 2 N–H and O–H groups in total. The largest absolute Gasteiger partial charge is 0.478 e. The molecule has 0 aromatic carbocycles. The van der Waals surface area contributed by atoms with Crippen LogP contribution in [0, 0.1) is 5.92 Å². The third-order valence-corrected chi connectivity index (χ3v) is 2.80. The van der Waals surface area contributed by atoms with Crippen molar-refractivity contribution in [1.82, 2.24) is 4.98 Å². The van der Waals surface area contributed by atoms with Gasteiger partial charge in [-0.05, 0) is 31.7 Å². The first-order valence-corrected chi connectivity index (χ1v) is 5.79. The van der Waals surface area contributed by atoms with Gasteiger partial charge < -0.3 is 15.2 Å². The van der Waals surface area contributed by atoms with Gasteiger partial charge in [0.25, 0.3) is 0 Å². The molecule has 0 unspecified atom stereocenters. The fourth-order valence-electron chi connectivity index (χ4n) is 1.86. The van der Waals surface area contributed by atoms with E-state index >= 15 is 0 Å². The molecule has 1 aromatic heterocycles. The van der Waals surface area contributed by atoms with Crippen LogP contribution in [0.2, 0.25) is 0 Å². The van der Waals surface area contributed by atoms with Crippen LogP contribution in [0.15, 0.2) is 18.2 Å². The smallest absolute Gasteiger partial charge is 0.215 e. The number of nitrogens with zero attached hydrogens (tertiary/aromatic N) is 1. The maximum absolute atomic E-state index is 9.17. The van der Waals surface area contributed by atoms with Crippen molar-refractivity contribution in [3.05, 3.63) is 18.2 Å². The summed E-state index contributed by atoms with van der Waals surface area (Å²) in [6.07, 6.45) is 1.71. The summed E-state index contributed by atoms with van der Waals surface area (Å²) in [5, 5.41) is 12.4. The highest BCUT2D eigenvalue weighted by molar-refractivity contribution is 5.37. The zero-order valence-electron chi connectivity index (χ0n) is 9.52. The van der Waals surface area contributed by atoms with E-state index in [4.69, 9.17) is 9.84 Å². The van der Waals surface area contributed by atoms with E-state index in [9.17, 15) is 0 Å². The van der Waals surface area contributed by atoms with Crippen LogP contribution in [-0.4, -0.2) is 29.3 Å². The summed E-state index contributed by atoms with van der Waals surface area (Å²) < 4.78 is 5.32. The van der Waals surface area contributed by atoms with Crippen molar-refractivity contribution in [2.45, 2.75) is 25.9 Å². The van der Waals surface area contributed by atoms with Crippen molar-refractivity contribution in [2.75, 3.05) is 18.5 Å². The number of nitrogens with one attached hydrogen (secondary N) is 1. The van der Waals surface area contributed by atoms with E-state index in [-0.39, 0.29) is 6.10 Å². The molecule has 16 heavy (non-hydrogen) atoms. The molecule has 2 rings (SSSR count). The summed E-state index contributed by atoms with van der Waals surface area (Å²) in [7, 11) is 0. The Morgan fingerprint density at radius 1 is 1.50 bits per heavy atom. The Balaban J connectivity index is 1.81. The Bertz CT molecular complexity index is 338. The van der Waals surface area contributed by atoms with Crippen molar-refractivity contribution in [1.29, 1.82) is 0 Å². The lowest BCUT2D eigenvalue weighted by Gasteiger charge is -2.31. The molecule has 0 saturated heterocycles. The van der Waals surface area contributed by atoms with Gasteiger partial charge >= 0.3 is 0 Å². The van der Waals surface area contributed by atoms with Gasteiger partial charge in [-0.15, -0.1) is 0 Å². The van der Waals surface area contributed by atoms with Crippen LogP contribution in [-0.2, 0) is 0 Å². The van der Waals surface area contributed by atoms with Gasteiger partial charge in [-0.1, -0.05) is 6.07 Å². The second kappa shape index (κ2) is 5.16. The molecule has 1 aliphatic carbocycles. The zero-order chi connectivity index (χ0) is 11.4. The first-order valence-electron chi connectivity index (χ1n) is 5.79. The molecule has 1 heterocycles. The van der Waals surface area contributed by atoms with E-state index in [0.29, 0.717) is 18.4 Å². The lowest BCUT2D eigenvalue weighted by Crippen LogP contribution is -2.33. The molecule has 1 aromatic rings. The average molecular weight is 222 g/mol. The predicted octanol–water partition coefficient (Wildman–Crippen LogP) is 1.66. The second-order valence-electron chi connectivity index (χ2n) is 4.17. The number of aliphatic hydroxyl groups excluding tert-OH is 1. The molecule has 4 nitrogen and oxygen atoms in total. The SMILES string of the molecule is CCOc1cccc(NCC2CC(O)C2)n1. The van der Waals surface area contributed by atoms with Gasteiger partial charge in [0, 0.05) is 12.6 Å². The van der Waals surface area contributed by atoms with Crippen molar-refractivity contribution < 1.29 is 9.84 Å². The van der Waals surface area contributed by atoms with Gasteiger partial charge in [-0.2, -0.15) is 4.98 Å². The normalized spacial score (nSPS) is 23.6. The Morgan fingerprint density at radius 2 is 2.31 bits per heavy atom. The van der Waals surface area contributed by atoms with Crippen LogP contribution in [0.4, 0.5) is 5.82 Å². The topological polar surface area (TPSA) is 54.4 Å². The first-order chi connectivity index (χ1) is 7.78. The van der Waals surface area contributed by atoms with Gasteiger partial charge in [0.05, 0.1) is 12.7 Å². The summed E-state index contributed by atoms with van der Waals surface area (Å²) >= 11 is 0. The third-order valence-electron chi connectivity index (χ3n) is 2.80. The maximum atomic E-state index is 9.17. The molecule has 1 fully saturated rings. The molecule has 1 saturated carbocycles. The lowest BCUT2D eigenvalue weighted by molar-refractivity contribution is 0.0486. The highest BCUT2D eigenvalue weighted by Gasteiger charge is 2.26. The fourth-order valence-corrected chi connectivity index (χ4v) is 1.86. The Hall–Kier alpha value is -1.29. The Kier molecular flexibility index (Phi) is 3.62. The summed E-state index contributed by atoms with van der Waals surface area (Å²) in [5.74, 6) is 2.07. The van der Waals surface area contributed by atoms with Crippen molar-refractivity contribution in [3.63, 3.8) is 0 Å². The number of aliphatic hydroxyl groups is 1. The third kappa shape index (κ3) is 2.85. The number of hydrogen-bond donors (Lipinski definition) is 2. The summed E-state index contributed by atoms with van der Waals surface area (Å²) in [4.78, 5) is 4.32. The van der Waals surface area contributed by atoms with Gasteiger partial charge in [0.1, 0.15) is 5.82 Å². The molecule has 0 bridgehead atoms. The van der Waals surface area contributed by atoms with Gasteiger partial charge in [0.15, 0.2) is 0 Å². The molecule has 0 atom stereocenters. The van der Waals surface area contributed by atoms with Crippen molar-refractivity contribution in [2.24, 2.45) is 5.92 Å². The predicted molar refractivity (Wildman–Crippen MR) is 62.6 cm³/mol. The van der Waals surface area contributed by atoms with Crippen LogP contribution in [0.3, 0.4) is 0 Å². The second-order valence-corrected chi connectivity index (χ2v) is 4.17. The Labute approximate surface area is 95.7 Å². The number of rotatable bonds is 5. The molecule has 1 aliphatic rings. The molecule has 0 radical (unpaired) electrons. The van der Waals surface area contributed by atoms with E-state index in [2.05, 4.69) is 10.3 Å². The van der Waals surface area contributed by atoms with Gasteiger partial charge in [-0.25, -0.2) is 0 Å². The standard InChI is InChI=1S/C12H18N2O2/c1-2-16-12-5-3-4-11(14-12)13-8-9-6-10(15)7-9/h3-5,9-10,15H,2,6-8H2,1H3,(H,13,14). The van der Waals surface area contributed by atoms with E-state index < -0.39 is 0 Å². The van der Waals surface area contributed by atoms with E-state index in [1.54, 1.807) is 0 Å². The van der Waals surface area contributed by atoms with Crippen molar-refractivity contribution in [3.8, 4) is 5.88 Å².